The monoisotopic (exact) mass is 333 g/mol. The maximum atomic E-state index is 9.36. The van der Waals surface area contributed by atoms with E-state index in [0.29, 0.717) is 22.9 Å². The highest BCUT2D eigenvalue weighted by molar-refractivity contribution is 5.87. The predicted molar refractivity (Wildman–Crippen MR) is 96.3 cm³/mol. The van der Waals surface area contributed by atoms with Crippen LogP contribution in [0.4, 0.5) is 0 Å². The Bertz CT molecular complexity index is 532. The van der Waals surface area contributed by atoms with Gasteiger partial charge in [0, 0.05) is 7.11 Å². The number of nitrogens with zero attached hydrogens (tertiary/aromatic N) is 1. The molecule has 0 heterocycles. The van der Waals surface area contributed by atoms with Crippen LogP contribution >= 0.6 is 0 Å². The summed E-state index contributed by atoms with van der Waals surface area (Å²) in [6.07, 6.45) is 10.8. The van der Waals surface area contributed by atoms with Crippen LogP contribution in [-0.4, -0.2) is 24.1 Å². The van der Waals surface area contributed by atoms with E-state index in [-0.39, 0.29) is 0 Å². The minimum Gasteiger partial charge on any atom is -0.411 e. The Morgan fingerprint density at radius 1 is 1.04 bits per heavy atom. The molecular weight excluding hydrogens is 298 g/mol. The average Bonchev–Trinajstić information content (AvgIpc) is 2.90. The van der Waals surface area contributed by atoms with Gasteiger partial charge in [-0.25, -0.2) is 0 Å². The van der Waals surface area contributed by atoms with Crippen molar-refractivity contribution in [3.8, 4) is 0 Å². The summed E-state index contributed by atoms with van der Waals surface area (Å²) in [6, 6.07) is 0. The van der Waals surface area contributed by atoms with Gasteiger partial charge in [0.15, 0.2) is 0 Å². The van der Waals surface area contributed by atoms with Crippen molar-refractivity contribution in [1.29, 1.82) is 0 Å². The Labute approximate surface area is 147 Å². The Hall–Kier alpha value is -0.570. The third-order valence-electron chi connectivity index (χ3n) is 9.16. The number of hydrogen-bond acceptors (Lipinski definition) is 3. The fraction of sp³-hybridized carbons (Fsp3) is 0.952. The molecule has 0 aromatic rings. The highest BCUT2D eigenvalue weighted by Crippen LogP contribution is 2.66. The fourth-order valence-corrected chi connectivity index (χ4v) is 7.90. The van der Waals surface area contributed by atoms with Crippen LogP contribution in [0.3, 0.4) is 0 Å². The van der Waals surface area contributed by atoms with Crippen molar-refractivity contribution in [2.45, 2.75) is 78.2 Å². The molecule has 24 heavy (non-hydrogen) atoms. The van der Waals surface area contributed by atoms with E-state index in [1.807, 2.05) is 7.11 Å². The highest BCUT2D eigenvalue weighted by atomic mass is 16.5. The van der Waals surface area contributed by atoms with E-state index < -0.39 is 0 Å². The second-order valence-electron chi connectivity index (χ2n) is 9.90. The van der Waals surface area contributed by atoms with Gasteiger partial charge < -0.3 is 9.94 Å². The molecule has 136 valence electrons. The zero-order valence-corrected chi connectivity index (χ0v) is 15.9. The lowest BCUT2D eigenvalue weighted by molar-refractivity contribution is -0.121. The molecule has 3 nitrogen and oxygen atoms in total. The zero-order valence-electron chi connectivity index (χ0n) is 15.9. The molecule has 1 N–H and O–H groups in total. The van der Waals surface area contributed by atoms with Crippen molar-refractivity contribution >= 4 is 5.71 Å². The van der Waals surface area contributed by atoms with Crippen LogP contribution in [0, 0.1) is 40.4 Å². The van der Waals surface area contributed by atoms with Gasteiger partial charge in [-0.15, -0.1) is 0 Å². The normalized spacial score (nSPS) is 55.8. The number of methoxy groups -OCH3 is 1. The second-order valence-corrected chi connectivity index (χ2v) is 9.90. The topological polar surface area (TPSA) is 41.8 Å². The van der Waals surface area contributed by atoms with Gasteiger partial charge in [0.2, 0.25) is 0 Å². The van der Waals surface area contributed by atoms with Gasteiger partial charge in [-0.1, -0.05) is 25.9 Å². The molecule has 0 aliphatic heterocycles. The molecule has 3 heteroatoms. The molecule has 3 unspecified atom stereocenters. The lowest BCUT2D eigenvalue weighted by Crippen LogP contribution is -2.55. The van der Waals surface area contributed by atoms with Crippen molar-refractivity contribution in [2.75, 3.05) is 7.11 Å². The van der Waals surface area contributed by atoms with Crippen molar-refractivity contribution in [3.05, 3.63) is 0 Å². The van der Waals surface area contributed by atoms with Crippen molar-refractivity contribution in [1.82, 2.24) is 0 Å². The van der Waals surface area contributed by atoms with E-state index in [1.54, 1.807) is 0 Å². The maximum absolute atomic E-state index is 9.36. The summed E-state index contributed by atoms with van der Waals surface area (Å²) in [6.45, 7) is 7.36. The zero-order chi connectivity index (χ0) is 17.1. The average molecular weight is 334 g/mol. The molecule has 0 spiro atoms. The summed E-state index contributed by atoms with van der Waals surface area (Å²) in [5, 5.41) is 13.0. The van der Waals surface area contributed by atoms with E-state index in [9.17, 15) is 5.21 Å². The SMILES string of the molecule is COC1CC[C@H]2[C@@H]3CCC4CC(=NO)C(C)C[C@]4(C)[C@@H]3CC[C@]12C. The first-order valence-corrected chi connectivity index (χ1v) is 10.2. The quantitative estimate of drug-likeness (QED) is 0.534. The number of oxime groups is 1. The number of rotatable bonds is 1. The number of ether oxygens (including phenoxy) is 1. The Morgan fingerprint density at radius 3 is 2.50 bits per heavy atom. The lowest BCUT2D eigenvalue weighted by atomic mass is 9.44. The molecule has 4 rings (SSSR count). The molecule has 0 bridgehead atoms. The molecular formula is C21H35NO2. The molecule has 8 atom stereocenters. The van der Waals surface area contributed by atoms with Crippen LogP contribution in [-0.2, 0) is 4.74 Å². The Kier molecular flexibility index (Phi) is 4.02. The first-order valence-electron chi connectivity index (χ1n) is 10.2. The molecule has 4 fully saturated rings. The third kappa shape index (κ3) is 2.15. The molecule has 0 radical (unpaired) electrons. The Morgan fingerprint density at radius 2 is 1.79 bits per heavy atom. The first kappa shape index (κ1) is 16.9. The Balaban J connectivity index is 1.62. The molecule has 4 aliphatic rings. The van der Waals surface area contributed by atoms with E-state index >= 15 is 0 Å². The molecule has 0 aromatic heterocycles. The van der Waals surface area contributed by atoms with Crippen molar-refractivity contribution in [2.24, 2.45) is 45.6 Å². The molecule has 0 saturated heterocycles. The fourth-order valence-electron chi connectivity index (χ4n) is 7.90. The highest BCUT2D eigenvalue weighted by Gasteiger charge is 2.60. The van der Waals surface area contributed by atoms with Gasteiger partial charge in [0.1, 0.15) is 0 Å². The lowest BCUT2D eigenvalue weighted by Gasteiger charge is -2.61. The molecule has 4 saturated carbocycles. The standard InChI is InChI=1S/C21H35NO2/c1-13-12-21(3)14(11-18(13)22-23)5-6-15-16-7-8-19(24-4)20(16,2)10-9-17(15)21/h13-17,19,23H,5-12H2,1-4H3/t13?,14?,15-,16-,17+,19?,20-,21-/m0/s1. The summed E-state index contributed by atoms with van der Waals surface area (Å²) in [7, 11) is 1.92. The summed E-state index contributed by atoms with van der Waals surface area (Å²) in [4.78, 5) is 0. The van der Waals surface area contributed by atoms with Crippen LogP contribution in [0.1, 0.15) is 72.1 Å². The smallest absolute Gasteiger partial charge is 0.0627 e. The van der Waals surface area contributed by atoms with Gasteiger partial charge in [-0.05, 0) is 91.8 Å². The third-order valence-corrected chi connectivity index (χ3v) is 9.16. The summed E-state index contributed by atoms with van der Waals surface area (Å²) in [5.74, 6) is 3.79. The van der Waals surface area contributed by atoms with Gasteiger partial charge in [0.25, 0.3) is 0 Å². The van der Waals surface area contributed by atoms with Gasteiger partial charge in [-0.3, -0.25) is 0 Å². The van der Waals surface area contributed by atoms with Gasteiger partial charge >= 0.3 is 0 Å². The summed E-state index contributed by atoms with van der Waals surface area (Å²) in [5.41, 5.74) is 1.91. The van der Waals surface area contributed by atoms with Gasteiger partial charge in [0.05, 0.1) is 11.8 Å². The number of fused-ring (bicyclic) bond motifs is 5. The van der Waals surface area contributed by atoms with Crippen LogP contribution in [0.25, 0.3) is 0 Å². The van der Waals surface area contributed by atoms with E-state index in [1.165, 1.54) is 44.9 Å². The predicted octanol–water partition coefficient (Wildman–Crippen LogP) is 5.12. The maximum Gasteiger partial charge on any atom is 0.0627 e. The van der Waals surface area contributed by atoms with Crippen LogP contribution in [0.5, 0.6) is 0 Å². The van der Waals surface area contributed by atoms with Crippen molar-refractivity contribution < 1.29 is 9.94 Å². The summed E-state index contributed by atoms with van der Waals surface area (Å²) >= 11 is 0. The molecule has 0 aromatic carbocycles. The van der Waals surface area contributed by atoms with Crippen molar-refractivity contribution in [3.63, 3.8) is 0 Å². The second kappa shape index (κ2) is 5.72. The minimum absolute atomic E-state index is 0.414. The summed E-state index contributed by atoms with van der Waals surface area (Å²) < 4.78 is 5.90. The van der Waals surface area contributed by atoms with Crippen LogP contribution in [0.15, 0.2) is 5.16 Å². The first-order chi connectivity index (χ1) is 11.4. The molecule has 0 amide bonds. The van der Waals surface area contributed by atoms with Crippen LogP contribution in [0.2, 0.25) is 0 Å². The largest absolute Gasteiger partial charge is 0.411 e. The molecule has 4 aliphatic carbocycles. The minimum atomic E-state index is 0.414. The number of hydrogen-bond donors (Lipinski definition) is 1. The van der Waals surface area contributed by atoms with Crippen LogP contribution < -0.4 is 0 Å². The van der Waals surface area contributed by atoms with E-state index in [2.05, 4.69) is 25.9 Å². The van der Waals surface area contributed by atoms with Gasteiger partial charge in [-0.2, -0.15) is 0 Å². The van der Waals surface area contributed by atoms with E-state index in [4.69, 9.17) is 4.74 Å². The van der Waals surface area contributed by atoms with E-state index in [0.717, 1.165) is 35.8 Å².